The summed E-state index contributed by atoms with van der Waals surface area (Å²) in [5, 5.41) is 21.5. The second-order valence-electron chi connectivity index (χ2n) is 11.6. The molecular formula is C31H39NO2. The van der Waals surface area contributed by atoms with E-state index in [0.29, 0.717) is 23.7 Å². The Balaban J connectivity index is 1.36. The van der Waals surface area contributed by atoms with Crippen LogP contribution in [0.25, 0.3) is 0 Å². The van der Waals surface area contributed by atoms with Gasteiger partial charge >= 0.3 is 0 Å². The molecule has 3 nitrogen and oxygen atoms in total. The van der Waals surface area contributed by atoms with Gasteiger partial charge < -0.3 is 9.84 Å². The van der Waals surface area contributed by atoms with E-state index in [2.05, 4.69) is 63.2 Å². The lowest BCUT2D eigenvalue weighted by Gasteiger charge is -2.56. The predicted octanol–water partition coefficient (Wildman–Crippen LogP) is 6.81. The molecule has 0 spiro atoms. The van der Waals surface area contributed by atoms with Crippen molar-refractivity contribution < 1.29 is 9.84 Å². The first-order valence-corrected chi connectivity index (χ1v) is 13.4. The standard InChI is InChI=1S/C31H39NO2/c1-4-5-16-34-25-10-6-22(7-11-25)19-31(33)15-14-28-27-13-9-24-17-23(20-32)8-12-26(24)29(27)21(2)18-30(28,31)3/h6-8,10-12,17,21,27-29,33H,4-5,9,13-16,18-19H2,1-3H3/t21-,27?,28?,29?,30-,31+/m0/s1. The van der Waals surface area contributed by atoms with Gasteiger partial charge in [0.1, 0.15) is 5.75 Å². The van der Waals surface area contributed by atoms with E-state index in [1.807, 2.05) is 6.07 Å². The van der Waals surface area contributed by atoms with Gasteiger partial charge in [-0.05, 0) is 103 Å². The molecule has 6 atom stereocenters. The van der Waals surface area contributed by atoms with Gasteiger partial charge in [0.2, 0.25) is 0 Å². The van der Waals surface area contributed by atoms with Crippen LogP contribution in [0.2, 0.25) is 0 Å². The largest absolute Gasteiger partial charge is 0.494 e. The van der Waals surface area contributed by atoms with Crippen molar-refractivity contribution in [2.75, 3.05) is 6.61 Å². The Hall–Kier alpha value is -2.31. The summed E-state index contributed by atoms with van der Waals surface area (Å²) in [6, 6.07) is 17.1. The number of hydrogen-bond acceptors (Lipinski definition) is 3. The van der Waals surface area contributed by atoms with Gasteiger partial charge in [-0.2, -0.15) is 5.26 Å². The molecule has 0 bridgehead atoms. The second-order valence-corrected chi connectivity index (χ2v) is 11.6. The van der Waals surface area contributed by atoms with Crippen LogP contribution in [0.15, 0.2) is 42.5 Å². The van der Waals surface area contributed by atoms with Crippen LogP contribution in [0.5, 0.6) is 5.75 Å². The Morgan fingerprint density at radius 2 is 1.94 bits per heavy atom. The molecule has 2 aromatic carbocycles. The third kappa shape index (κ3) is 3.85. The summed E-state index contributed by atoms with van der Waals surface area (Å²) in [5.74, 6) is 3.18. The molecule has 0 heterocycles. The van der Waals surface area contributed by atoms with E-state index in [0.717, 1.165) is 62.9 Å². The highest BCUT2D eigenvalue weighted by molar-refractivity contribution is 5.43. The zero-order chi connectivity index (χ0) is 23.9. The molecule has 0 amide bonds. The number of ether oxygens (including phenoxy) is 1. The Morgan fingerprint density at radius 3 is 2.68 bits per heavy atom. The molecule has 3 heteroatoms. The number of unbranched alkanes of at least 4 members (excludes halogenated alkanes) is 1. The fourth-order valence-corrected chi connectivity index (χ4v) is 7.96. The SMILES string of the molecule is CCCCOc1ccc(C[C@]2(O)CCC3C4CCc5cc(C#N)ccc5C4[C@@H](C)C[C@@]32C)cc1. The monoisotopic (exact) mass is 457 g/mol. The lowest BCUT2D eigenvalue weighted by molar-refractivity contribution is -0.115. The van der Waals surface area contributed by atoms with Crippen LogP contribution in [0.4, 0.5) is 0 Å². The van der Waals surface area contributed by atoms with Gasteiger partial charge in [0.15, 0.2) is 0 Å². The zero-order valence-electron chi connectivity index (χ0n) is 21.0. The predicted molar refractivity (Wildman–Crippen MR) is 136 cm³/mol. The van der Waals surface area contributed by atoms with Crippen molar-refractivity contribution in [1.29, 1.82) is 5.26 Å². The van der Waals surface area contributed by atoms with Crippen molar-refractivity contribution in [3.05, 3.63) is 64.7 Å². The van der Waals surface area contributed by atoms with E-state index in [4.69, 9.17) is 4.74 Å². The van der Waals surface area contributed by atoms with Crippen molar-refractivity contribution in [2.24, 2.45) is 23.2 Å². The third-order valence-corrected chi connectivity index (χ3v) is 9.65. The van der Waals surface area contributed by atoms with Crippen molar-refractivity contribution in [3.8, 4) is 11.8 Å². The Morgan fingerprint density at radius 1 is 1.15 bits per heavy atom. The van der Waals surface area contributed by atoms with Crippen LogP contribution >= 0.6 is 0 Å². The number of aliphatic hydroxyl groups is 1. The van der Waals surface area contributed by atoms with E-state index >= 15 is 0 Å². The number of fused-ring (bicyclic) bond motifs is 5. The molecule has 180 valence electrons. The Labute approximate surface area is 205 Å². The van der Waals surface area contributed by atoms with Gasteiger partial charge in [-0.3, -0.25) is 0 Å². The van der Waals surface area contributed by atoms with Crippen LogP contribution in [0.1, 0.15) is 87.5 Å². The molecule has 2 saturated carbocycles. The summed E-state index contributed by atoms with van der Waals surface area (Å²) >= 11 is 0. The van der Waals surface area contributed by atoms with E-state index in [1.54, 1.807) is 0 Å². The summed E-state index contributed by atoms with van der Waals surface area (Å²) in [6.45, 7) is 7.72. The van der Waals surface area contributed by atoms with Gasteiger partial charge in [0.25, 0.3) is 0 Å². The van der Waals surface area contributed by atoms with Gasteiger partial charge in [0, 0.05) is 11.8 Å². The lowest BCUT2D eigenvalue weighted by atomic mass is 9.50. The highest BCUT2D eigenvalue weighted by atomic mass is 16.5. The minimum atomic E-state index is -0.660. The maximum atomic E-state index is 12.1. The fraction of sp³-hybridized carbons (Fsp3) is 0.581. The Kier molecular flexibility index (Phi) is 6.23. The molecule has 1 N–H and O–H groups in total. The van der Waals surface area contributed by atoms with E-state index in [1.165, 1.54) is 23.1 Å². The topological polar surface area (TPSA) is 53.2 Å². The highest BCUT2D eigenvalue weighted by Crippen LogP contribution is 2.66. The number of aryl methyl sites for hydroxylation is 1. The summed E-state index contributed by atoms with van der Waals surface area (Å²) in [6.07, 6.45) is 8.24. The first kappa shape index (κ1) is 23.4. The van der Waals surface area contributed by atoms with Gasteiger partial charge in [-0.1, -0.05) is 45.4 Å². The summed E-state index contributed by atoms with van der Waals surface area (Å²) in [5.41, 5.74) is 4.12. The molecule has 3 aliphatic rings. The summed E-state index contributed by atoms with van der Waals surface area (Å²) in [4.78, 5) is 0. The molecule has 2 fully saturated rings. The first-order valence-electron chi connectivity index (χ1n) is 13.4. The molecule has 2 aromatic rings. The van der Waals surface area contributed by atoms with Crippen LogP contribution in [-0.4, -0.2) is 17.3 Å². The molecule has 34 heavy (non-hydrogen) atoms. The molecule has 3 aliphatic carbocycles. The first-order chi connectivity index (χ1) is 16.4. The molecule has 5 rings (SSSR count). The number of benzene rings is 2. The van der Waals surface area contributed by atoms with E-state index < -0.39 is 5.60 Å². The number of nitrogens with zero attached hydrogens (tertiary/aromatic N) is 1. The average molecular weight is 458 g/mol. The fourth-order valence-electron chi connectivity index (χ4n) is 7.96. The lowest BCUT2D eigenvalue weighted by Crippen LogP contribution is -2.54. The quantitative estimate of drug-likeness (QED) is 0.485. The molecule has 3 unspecified atom stereocenters. The highest BCUT2D eigenvalue weighted by Gasteiger charge is 2.62. The van der Waals surface area contributed by atoms with Crippen LogP contribution in [0, 0.1) is 34.5 Å². The normalized spacial score (nSPS) is 34.0. The van der Waals surface area contributed by atoms with Gasteiger partial charge in [-0.15, -0.1) is 0 Å². The molecular weight excluding hydrogens is 418 g/mol. The minimum absolute atomic E-state index is 0.0615. The number of rotatable bonds is 6. The van der Waals surface area contributed by atoms with Crippen molar-refractivity contribution in [1.82, 2.24) is 0 Å². The number of nitriles is 1. The van der Waals surface area contributed by atoms with Crippen molar-refractivity contribution >= 4 is 0 Å². The maximum Gasteiger partial charge on any atom is 0.119 e. The van der Waals surface area contributed by atoms with Crippen molar-refractivity contribution in [2.45, 2.75) is 83.7 Å². The van der Waals surface area contributed by atoms with E-state index in [9.17, 15) is 10.4 Å². The van der Waals surface area contributed by atoms with Gasteiger partial charge in [-0.25, -0.2) is 0 Å². The maximum absolute atomic E-state index is 12.1. The molecule has 0 saturated heterocycles. The average Bonchev–Trinajstić information content (AvgIpc) is 3.09. The number of hydrogen-bond donors (Lipinski definition) is 1. The van der Waals surface area contributed by atoms with Crippen LogP contribution in [0.3, 0.4) is 0 Å². The molecule has 0 aliphatic heterocycles. The van der Waals surface area contributed by atoms with E-state index in [-0.39, 0.29) is 5.41 Å². The molecule has 0 aromatic heterocycles. The van der Waals surface area contributed by atoms with Crippen molar-refractivity contribution in [3.63, 3.8) is 0 Å². The van der Waals surface area contributed by atoms with Crippen LogP contribution < -0.4 is 4.74 Å². The second kappa shape index (κ2) is 9.04. The Bertz CT molecular complexity index is 1070. The third-order valence-electron chi connectivity index (χ3n) is 9.65. The smallest absolute Gasteiger partial charge is 0.119 e. The minimum Gasteiger partial charge on any atom is -0.494 e. The molecule has 0 radical (unpaired) electrons. The van der Waals surface area contributed by atoms with Gasteiger partial charge in [0.05, 0.1) is 23.8 Å². The summed E-state index contributed by atoms with van der Waals surface area (Å²) < 4.78 is 5.84. The van der Waals surface area contributed by atoms with Crippen LogP contribution in [-0.2, 0) is 12.8 Å². The zero-order valence-corrected chi connectivity index (χ0v) is 21.0. The summed E-state index contributed by atoms with van der Waals surface area (Å²) in [7, 11) is 0.